The zero-order valence-electron chi connectivity index (χ0n) is 15.6. The number of carbonyl (C=O) groups excluding carboxylic acids is 1. The summed E-state index contributed by atoms with van der Waals surface area (Å²) in [7, 11) is -3.60. The van der Waals surface area contributed by atoms with Crippen molar-refractivity contribution in [1.82, 2.24) is 5.32 Å². The Labute approximate surface area is 156 Å². The first kappa shape index (κ1) is 19.0. The van der Waals surface area contributed by atoms with Crippen LogP contribution in [0.1, 0.15) is 39.5 Å². The smallest absolute Gasteiger partial charge is 0.243 e. The molecule has 1 N–H and O–H groups in total. The number of ether oxygens (including phenoxy) is 1. The van der Waals surface area contributed by atoms with Gasteiger partial charge in [0.1, 0.15) is 11.8 Å². The van der Waals surface area contributed by atoms with Crippen molar-refractivity contribution in [2.75, 3.05) is 17.2 Å². The first-order chi connectivity index (χ1) is 12.3. The first-order valence-corrected chi connectivity index (χ1v) is 11.2. The van der Waals surface area contributed by atoms with Crippen molar-refractivity contribution in [3.63, 3.8) is 0 Å². The molecule has 1 aromatic carbocycles. The molecule has 2 saturated carbocycles. The molecule has 1 amide bonds. The van der Waals surface area contributed by atoms with Crippen LogP contribution in [0, 0.1) is 11.8 Å². The summed E-state index contributed by atoms with van der Waals surface area (Å²) in [5.74, 6) is 1.71. The minimum atomic E-state index is -3.60. The van der Waals surface area contributed by atoms with Crippen molar-refractivity contribution in [2.24, 2.45) is 11.8 Å². The van der Waals surface area contributed by atoms with Crippen LogP contribution in [0.15, 0.2) is 24.3 Å². The molecule has 7 heteroatoms. The summed E-state index contributed by atoms with van der Waals surface area (Å²) in [4.78, 5) is 12.8. The lowest BCUT2D eigenvalue weighted by Crippen LogP contribution is -2.51. The van der Waals surface area contributed by atoms with Gasteiger partial charge < -0.3 is 10.1 Å². The monoisotopic (exact) mass is 380 g/mol. The lowest BCUT2D eigenvalue weighted by Gasteiger charge is -2.31. The molecule has 4 atom stereocenters. The van der Waals surface area contributed by atoms with Gasteiger partial charge >= 0.3 is 0 Å². The van der Waals surface area contributed by atoms with Gasteiger partial charge in [0.05, 0.1) is 18.6 Å². The molecule has 2 aliphatic carbocycles. The van der Waals surface area contributed by atoms with Crippen LogP contribution in [0.25, 0.3) is 0 Å². The fraction of sp³-hybridized carbons (Fsp3) is 0.632. The molecule has 144 valence electrons. The van der Waals surface area contributed by atoms with Gasteiger partial charge in [-0.25, -0.2) is 8.42 Å². The number of fused-ring (bicyclic) bond motifs is 2. The Morgan fingerprint density at radius 1 is 1.27 bits per heavy atom. The maximum Gasteiger partial charge on any atom is 0.243 e. The van der Waals surface area contributed by atoms with E-state index in [1.165, 1.54) is 23.6 Å². The van der Waals surface area contributed by atoms with Crippen molar-refractivity contribution >= 4 is 21.6 Å². The minimum Gasteiger partial charge on any atom is -0.494 e. The summed E-state index contributed by atoms with van der Waals surface area (Å²) >= 11 is 0. The number of amides is 1. The topological polar surface area (TPSA) is 75.7 Å². The average molecular weight is 381 g/mol. The Balaban J connectivity index is 1.75. The van der Waals surface area contributed by atoms with E-state index >= 15 is 0 Å². The molecule has 0 aliphatic heterocycles. The first-order valence-electron chi connectivity index (χ1n) is 9.32. The van der Waals surface area contributed by atoms with E-state index in [1.807, 2.05) is 6.92 Å². The number of rotatable bonds is 7. The maximum atomic E-state index is 12.8. The lowest BCUT2D eigenvalue weighted by molar-refractivity contribution is -0.122. The number of hydrogen-bond donors (Lipinski definition) is 1. The van der Waals surface area contributed by atoms with E-state index in [0.29, 0.717) is 24.0 Å². The third-order valence-corrected chi connectivity index (χ3v) is 6.80. The zero-order chi connectivity index (χ0) is 18.9. The number of anilines is 1. The van der Waals surface area contributed by atoms with Gasteiger partial charge in [-0.05, 0) is 69.2 Å². The zero-order valence-corrected chi connectivity index (χ0v) is 16.5. The number of nitrogens with one attached hydrogen (secondary N) is 1. The number of nitrogens with zero attached hydrogens (tertiary/aromatic N) is 1. The quantitative estimate of drug-likeness (QED) is 0.789. The van der Waals surface area contributed by atoms with Crippen LogP contribution in [0.4, 0.5) is 5.69 Å². The van der Waals surface area contributed by atoms with Crippen LogP contribution in [-0.2, 0) is 14.8 Å². The Morgan fingerprint density at radius 2 is 1.96 bits per heavy atom. The number of hydrogen-bond acceptors (Lipinski definition) is 4. The van der Waals surface area contributed by atoms with Crippen LogP contribution < -0.4 is 14.4 Å². The van der Waals surface area contributed by atoms with E-state index in [2.05, 4.69) is 5.32 Å². The normalized spacial score (nSPS) is 25.7. The molecular formula is C19H28N2O4S. The highest BCUT2D eigenvalue weighted by Gasteiger charge is 2.41. The molecule has 1 unspecified atom stereocenters. The molecule has 26 heavy (non-hydrogen) atoms. The van der Waals surface area contributed by atoms with Crippen molar-refractivity contribution < 1.29 is 17.9 Å². The van der Waals surface area contributed by atoms with Gasteiger partial charge in [0, 0.05) is 6.04 Å². The SMILES string of the molecule is CCOc1ccc(N(C(C)C(=O)N[C@@H]2C[C@@H]3CC[C@H]2C3)S(C)(=O)=O)cc1. The number of benzene rings is 1. The summed E-state index contributed by atoms with van der Waals surface area (Å²) in [6.45, 7) is 4.07. The predicted molar refractivity (Wildman–Crippen MR) is 102 cm³/mol. The lowest BCUT2D eigenvalue weighted by atomic mass is 9.95. The fourth-order valence-corrected chi connectivity index (χ4v) is 5.56. The highest BCUT2D eigenvalue weighted by molar-refractivity contribution is 7.92. The molecule has 0 aromatic heterocycles. The molecular weight excluding hydrogens is 352 g/mol. The van der Waals surface area contributed by atoms with Crippen molar-refractivity contribution in [3.8, 4) is 5.75 Å². The second kappa shape index (κ2) is 7.47. The molecule has 2 aliphatic rings. The summed E-state index contributed by atoms with van der Waals surface area (Å²) in [6, 6.07) is 6.17. The number of sulfonamides is 1. The Hall–Kier alpha value is -1.76. The second-order valence-electron chi connectivity index (χ2n) is 7.45. The van der Waals surface area contributed by atoms with Crippen LogP contribution in [0.2, 0.25) is 0 Å². The number of carbonyl (C=O) groups is 1. The maximum absolute atomic E-state index is 12.8. The van der Waals surface area contributed by atoms with E-state index < -0.39 is 16.1 Å². The van der Waals surface area contributed by atoms with E-state index in [0.717, 1.165) is 18.6 Å². The highest BCUT2D eigenvalue weighted by atomic mass is 32.2. The minimum absolute atomic E-state index is 0.186. The highest BCUT2D eigenvalue weighted by Crippen LogP contribution is 2.44. The largest absolute Gasteiger partial charge is 0.494 e. The Morgan fingerprint density at radius 3 is 2.46 bits per heavy atom. The Bertz CT molecular complexity index is 747. The van der Waals surface area contributed by atoms with Crippen molar-refractivity contribution in [3.05, 3.63) is 24.3 Å². The van der Waals surface area contributed by atoms with Gasteiger partial charge in [0.15, 0.2) is 0 Å². The van der Waals surface area contributed by atoms with Gasteiger partial charge in [-0.3, -0.25) is 9.10 Å². The summed E-state index contributed by atoms with van der Waals surface area (Å²) < 4.78 is 31.3. The molecule has 1 aromatic rings. The molecule has 0 saturated heterocycles. The van der Waals surface area contributed by atoms with Crippen LogP contribution >= 0.6 is 0 Å². The molecule has 0 radical (unpaired) electrons. The van der Waals surface area contributed by atoms with Gasteiger partial charge in [0.2, 0.25) is 15.9 Å². The predicted octanol–water partition coefficient (Wildman–Crippen LogP) is 2.54. The van der Waals surface area contributed by atoms with Gasteiger partial charge in [-0.15, -0.1) is 0 Å². The van der Waals surface area contributed by atoms with Crippen molar-refractivity contribution in [1.29, 1.82) is 0 Å². The average Bonchev–Trinajstić information content (AvgIpc) is 3.18. The van der Waals surface area contributed by atoms with Gasteiger partial charge in [-0.1, -0.05) is 6.42 Å². The standard InChI is InChI=1S/C19H28N2O4S/c1-4-25-17-9-7-16(8-10-17)21(26(3,23)24)13(2)19(22)20-18-12-14-5-6-15(18)11-14/h7-10,13-15,18H,4-6,11-12H2,1-3H3,(H,20,22)/t13?,14-,15+,18-/m1/s1. The summed E-state index contributed by atoms with van der Waals surface area (Å²) in [6.07, 6.45) is 5.76. The Kier molecular flexibility index (Phi) is 5.46. The third-order valence-electron chi connectivity index (χ3n) is 5.56. The van der Waals surface area contributed by atoms with Crippen molar-refractivity contribution in [2.45, 2.75) is 51.6 Å². The molecule has 2 fully saturated rings. The molecule has 6 nitrogen and oxygen atoms in total. The van der Waals surface area contributed by atoms with Crippen LogP contribution in [-0.4, -0.2) is 39.3 Å². The van der Waals surface area contributed by atoms with E-state index in [1.54, 1.807) is 31.2 Å². The van der Waals surface area contributed by atoms with E-state index in [9.17, 15) is 13.2 Å². The van der Waals surface area contributed by atoms with E-state index in [-0.39, 0.29) is 11.9 Å². The van der Waals surface area contributed by atoms with Gasteiger partial charge in [0.25, 0.3) is 0 Å². The third kappa shape index (κ3) is 3.98. The molecule has 0 heterocycles. The fourth-order valence-electron chi connectivity index (χ4n) is 4.39. The van der Waals surface area contributed by atoms with Gasteiger partial charge in [-0.2, -0.15) is 0 Å². The molecule has 2 bridgehead atoms. The van der Waals surface area contributed by atoms with Crippen LogP contribution in [0.3, 0.4) is 0 Å². The summed E-state index contributed by atoms with van der Waals surface area (Å²) in [5, 5.41) is 3.09. The summed E-state index contributed by atoms with van der Waals surface area (Å²) in [5.41, 5.74) is 0.464. The second-order valence-corrected chi connectivity index (χ2v) is 9.31. The van der Waals surface area contributed by atoms with Crippen LogP contribution in [0.5, 0.6) is 5.75 Å². The molecule has 3 rings (SSSR count). The molecule has 0 spiro atoms. The van der Waals surface area contributed by atoms with E-state index in [4.69, 9.17) is 4.74 Å².